The molecule has 0 N–H and O–H groups in total. The molecular formula is C10H15Br2NS. The lowest BCUT2D eigenvalue weighted by molar-refractivity contribution is 0.325. The number of nitrogens with zero attached hydrogens (tertiary/aromatic N) is 1. The van der Waals surface area contributed by atoms with Crippen LogP contribution in [0.2, 0.25) is 0 Å². The molecule has 0 amide bonds. The third-order valence-corrected chi connectivity index (χ3v) is 4.03. The summed E-state index contributed by atoms with van der Waals surface area (Å²) in [5.41, 5.74) is 0. The fourth-order valence-electron chi connectivity index (χ4n) is 1.18. The summed E-state index contributed by atoms with van der Waals surface area (Å²) in [4.78, 5) is 4.39. The molecule has 0 saturated heterocycles. The van der Waals surface area contributed by atoms with E-state index in [0.717, 1.165) is 13.1 Å². The van der Waals surface area contributed by atoms with E-state index >= 15 is 0 Å². The zero-order chi connectivity index (χ0) is 10.6. The van der Waals surface area contributed by atoms with E-state index in [0.29, 0.717) is 4.83 Å². The maximum absolute atomic E-state index is 3.56. The quantitative estimate of drug-likeness (QED) is 0.729. The topological polar surface area (TPSA) is 3.24 Å². The Morgan fingerprint density at radius 2 is 2.21 bits per heavy atom. The summed E-state index contributed by atoms with van der Waals surface area (Å²) in [6.45, 7) is 4.38. The molecule has 0 radical (unpaired) electrons. The lowest BCUT2D eigenvalue weighted by Gasteiger charge is -2.16. The molecule has 0 aliphatic carbocycles. The second kappa shape index (κ2) is 6.26. The van der Waals surface area contributed by atoms with Crippen LogP contribution in [0, 0.1) is 0 Å². The van der Waals surface area contributed by atoms with Crippen molar-refractivity contribution in [3.8, 4) is 0 Å². The SMILES string of the molecule is CC(Br)CCN(C)Cc1ccc(Br)s1. The standard InChI is InChI=1S/C10H15Br2NS/c1-8(11)5-6-13(2)7-9-3-4-10(12)14-9/h3-4,8H,5-7H2,1-2H3. The summed E-state index contributed by atoms with van der Waals surface area (Å²) >= 11 is 8.85. The van der Waals surface area contributed by atoms with Gasteiger partial charge >= 0.3 is 0 Å². The fourth-order valence-corrected chi connectivity index (χ4v) is 2.95. The van der Waals surface area contributed by atoms with E-state index in [1.165, 1.54) is 15.1 Å². The van der Waals surface area contributed by atoms with Crippen LogP contribution < -0.4 is 0 Å². The summed E-state index contributed by atoms with van der Waals surface area (Å²) in [5.74, 6) is 0. The van der Waals surface area contributed by atoms with Gasteiger partial charge in [0.05, 0.1) is 3.79 Å². The summed E-state index contributed by atoms with van der Waals surface area (Å²) in [6.07, 6.45) is 1.20. The summed E-state index contributed by atoms with van der Waals surface area (Å²) in [7, 11) is 2.17. The highest BCUT2D eigenvalue weighted by molar-refractivity contribution is 9.11. The smallest absolute Gasteiger partial charge is 0.0701 e. The van der Waals surface area contributed by atoms with Crippen LogP contribution in [0.3, 0.4) is 0 Å². The van der Waals surface area contributed by atoms with Crippen LogP contribution >= 0.6 is 43.2 Å². The van der Waals surface area contributed by atoms with Crippen molar-refractivity contribution in [3.05, 3.63) is 20.8 Å². The lowest BCUT2D eigenvalue weighted by atomic mass is 10.3. The molecule has 1 rings (SSSR count). The molecule has 1 aromatic heterocycles. The minimum absolute atomic E-state index is 0.611. The predicted octanol–water partition coefficient (Wildman–Crippen LogP) is 4.12. The highest BCUT2D eigenvalue weighted by atomic mass is 79.9. The largest absolute Gasteiger partial charge is 0.301 e. The average molecular weight is 341 g/mol. The van der Waals surface area contributed by atoms with Gasteiger partial charge in [0.2, 0.25) is 0 Å². The Hall–Kier alpha value is 0.620. The van der Waals surface area contributed by atoms with Gasteiger partial charge in [0, 0.05) is 16.2 Å². The van der Waals surface area contributed by atoms with Crippen molar-refractivity contribution >= 4 is 43.2 Å². The lowest BCUT2D eigenvalue weighted by Crippen LogP contribution is -2.20. The van der Waals surface area contributed by atoms with Crippen molar-refractivity contribution in [2.75, 3.05) is 13.6 Å². The van der Waals surface area contributed by atoms with Gasteiger partial charge in [-0.3, -0.25) is 0 Å². The Morgan fingerprint density at radius 3 is 2.71 bits per heavy atom. The molecule has 1 atom stereocenters. The van der Waals surface area contributed by atoms with E-state index in [2.05, 4.69) is 62.9 Å². The van der Waals surface area contributed by atoms with Crippen LogP contribution in [0.1, 0.15) is 18.2 Å². The molecular weight excluding hydrogens is 326 g/mol. The molecule has 0 aromatic carbocycles. The number of hydrogen-bond donors (Lipinski definition) is 0. The Kier molecular flexibility index (Phi) is 5.67. The van der Waals surface area contributed by atoms with Crippen LogP contribution in [-0.2, 0) is 6.54 Å². The monoisotopic (exact) mass is 339 g/mol. The van der Waals surface area contributed by atoms with Gasteiger partial charge in [-0.15, -0.1) is 11.3 Å². The minimum atomic E-state index is 0.611. The van der Waals surface area contributed by atoms with Gasteiger partial charge < -0.3 is 4.90 Å². The van der Waals surface area contributed by atoms with Crippen LogP contribution in [0.5, 0.6) is 0 Å². The highest BCUT2D eigenvalue weighted by Gasteiger charge is 2.04. The molecule has 0 fully saturated rings. The van der Waals surface area contributed by atoms with E-state index in [4.69, 9.17) is 0 Å². The molecule has 0 aliphatic heterocycles. The van der Waals surface area contributed by atoms with Gasteiger partial charge in [0.25, 0.3) is 0 Å². The van der Waals surface area contributed by atoms with E-state index in [1.807, 2.05) is 11.3 Å². The molecule has 0 aliphatic rings. The molecule has 80 valence electrons. The van der Waals surface area contributed by atoms with E-state index in [-0.39, 0.29) is 0 Å². The second-order valence-electron chi connectivity index (χ2n) is 3.51. The van der Waals surface area contributed by atoms with E-state index in [9.17, 15) is 0 Å². The number of hydrogen-bond acceptors (Lipinski definition) is 2. The fraction of sp³-hybridized carbons (Fsp3) is 0.600. The first-order valence-corrected chi connectivity index (χ1v) is 7.17. The maximum Gasteiger partial charge on any atom is 0.0701 e. The first kappa shape index (κ1) is 12.7. The molecule has 1 nitrogen and oxygen atoms in total. The van der Waals surface area contributed by atoms with Gasteiger partial charge in [0.15, 0.2) is 0 Å². The Labute approximate surface area is 107 Å². The van der Waals surface area contributed by atoms with E-state index < -0.39 is 0 Å². The minimum Gasteiger partial charge on any atom is -0.301 e. The van der Waals surface area contributed by atoms with Crippen molar-refractivity contribution in [2.24, 2.45) is 0 Å². The van der Waals surface area contributed by atoms with Crippen molar-refractivity contribution in [2.45, 2.75) is 24.7 Å². The Balaban J connectivity index is 2.30. The van der Waals surface area contributed by atoms with Crippen molar-refractivity contribution < 1.29 is 0 Å². The van der Waals surface area contributed by atoms with Gasteiger partial charge in [-0.25, -0.2) is 0 Å². The van der Waals surface area contributed by atoms with Crippen molar-refractivity contribution in [3.63, 3.8) is 0 Å². The molecule has 0 saturated carbocycles. The van der Waals surface area contributed by atoms with Gasteiger partial charge in [0.1, 0.15) is 0 Å². The molecule has 14 heavy (non-hydrogen) atoms. The summed E-state index contributed by atoms with van der Waals surface area (Å²) in [6, 6.07) is 4.30. The first-order chi connectivity index (χ1) is 6.58. The Bertz CT molecular complexity index is 273. The normalized spacial score (nSPS) is 13.5. The van der Waals surface area contributed by atoms with Crippen LogP contribution in [0.25, 0.3) is 0 Å². The van der Waals surface area contributed by atoms with E-state index in [1.54, 1.807) is 0 Å². The molecule has 1 unspecified atom stereocenters. The number of thiophene rings is 1. The van der Waals surface area contributed by atoms with Gasteiger partial charge in [-0.05, 0) is 48.1 Å². The Morgan fingerprint density at radius 1 is 1.50 bits per heavy atom. The third-order valence-electron chi connectivity index (χ3n) is 1.96. The van der Waals surface area contributed by atoms with Crippen LogP contribution in [-0.4, -0.2) is 23.3 Å². The highest BCUT2D eigenvalue weighted by Crippen LogP contribution is 2.23. The zero-order valence-corrected chi connectivity index (χ0v) is 12.5. The zero-order valence-electron chi connectivity index (χ0n) is 8.46. The molecule has 0 spiro atoms. The first-order valence-electron chi connectivity index (χ1n) is 4.64. The van der Waals surface area contributed by atoms with Crippen LogP contribution in [0.4, 0.5) is 0 Å². The number of alkyl halides is 1. The summed E-state index contributed by atoms with van der Waals surface area (Å²) < 4.78 is 1.22. The number of rotatable bonds is 5. The second-order valence-corrected chi connectivity index (χ2v) is 7.62. The maximum atomic E-state index is 3.56. The molecule has 1 aromatic rings. The molecule has 1 heterocycles. The van der Waals surface area contributed by atoms with Crippen molar-refractivity contribution in [1.82, 2.24) is 4.90 Å². The predicted molar refractivity (Wildman–Crippen MR) is 71.4 cm³/mol. The van der Waals surface area contributed by atoms with Crippen LogP contribution in [0.15, 0.2) is 15.9 Å². The third kappa shape index (κ3) is 4.91. The molecule has 4 heteroatoms. The van der Waals surface area contributed by atoms with Gasteiger partial charge in [-0.2, -0.15) is 0 Å². The van der Waals surface area contributed by atoms with Gasteiger partial charge in [-0.1, -0.05) is 22.9 Å². The van der Waals surface area contributed by atoms with Crippen molar-refractivity contribution in [1.29, 1.82) is 0 Å². The summed E-state index contributed by atoms with van der Waals surface area (Å²) in [5, 5.41) is 0. The number of halogens is 2. The molecule has 0 bridgehead atoms. The average Bonchev–Trinajstić information content (AvgIpc) is 2.48.